The summed E-state index contributed by atoms with van der Waals surface area (Å²) in [4.78, 5) is 35.2. The summed E-state index contributed by atoms with van der Waals surface area (Å²) >= 11 is 0. The summed E-state index contributed by atoms with van der Waals surface area (Å²) in [5.74, 6) is -0.409. The Bertz CT molecular complexity index is 1530. The smallest absolute Gasteiger partial charge is 0.311 e. The molecule has 0 aliphatic heterocycles. The fourth-order valence-electron chi connectivity index (χ4n) is 4.08. The Morgan fingerprint density at radius 3 is 1.79 bits per heavy atom. The Hall–Kier alpha value is -5.13. The standard InChI is InChI=1S/C31H28N2O9/c1-39-21-31(25-13-15-30(27(17-25)33(37)38)41-19-23-10-6-3-7-11-23)42-20-28(34)24-12-14-29(26(16-24)32(35)36)40-18-22-8-4-2-5-9-22/h2-17,31H,18-21H2,1H3. The van der Waals surface area contributed by atoms with E-state index in [9.17, 15) is 25.0 Å². The average Bonchev–Trinajstić information content (AvgIpc) is 3.01. The van der Waals surface area contributed by atoms with Crippen LogP contribution in [0.25, 0.3) is 0 Å². The van der Waals surface area contributed by atoms with Crippen LogP contribution >= 0.6 is 0 Å². The van der Waals surface area contributed by atoms with E-state index in [1.165, 1.54) is 31.4 Å². The molecule has 11 nitrogen and oxygen atoms in total. The van der Waals surface area contributed by atoms with Crippen LogP contribution in [-0.2, 0) is 22.7 Å². The highest BCUT2D eigenvalue weighted by atomic mass is 16.6. The lowest BCUT2D eigenvalue weighted by Gasteiger charge is -2.18. The summed E-state index contributed by atoms with van der Waals surface area (Å²) in [5.41, 5.74) is 1.53. The molecule has 0 saturated heterocycles. The number of carbonyl (C=O) groups is 1. The second-order valence-corrected chi connectivity index (χ2v) is 9.15. The quantitative estimate of drug-likeness (QED) is 0.0918. The topological polar surface area (TPSA) is 140 Å². The van der Waals surface area contributed by atoms with Crippen molar-refractivity contribution < 1.29 is 33.6 Å². The van der Waals surface area contributed by atoms with Gasteiger partial charge in [-0.2, -0.15) is 0 Å². The Labute approximate surface area is 241 Å². The fourth-order valence-corrected chi connectivity index (χ4v) is 4.08. The third kappa shape index (κ3) is 7.96. The molecule has 0 amide bonds. The molecule has 0 heterocycles. The largest absolute Gasteiger partial charge is 0.482 e. The van der Waals surface area contributed by atoms with Gasteiger partial charge in [-0.25, -0.2) is 0 Å². The number of hydrogen-bond acceptors (Lipinski definition) is 9. The minimum atomic E-state index is -0.829. The van der Waals surface area contributed by atoms with Crippen molar-refractivity contribution in [3.05, 3.63) is 140 Å². The van der Waals surface area contributed by atoms with E-state index in [4.69, 9.17) is 18.9 Å². The Morgan fingerprint density at radius 2 is 1.26 bits per heavy atom. The zero-order valence-corrected chi connectivity index (χ0v) is 22.7. The first-order valence-electron chi connectivity index (χ1n) is 12.9. The number of nitrogens with zero attached hydrogens (tertiary/aromatic N) is 2. The molecular weight excluding hydrogens is 544 g/mol. The van der Waals surface area contributed by atoms with Crippen molar-refractivity contribution in [2.75, 3.05) is 20.3 Å². The van der Waals surface area contributed by atoms with Crippen molar-refractivity contribution in [1.29, 1.82) is 0 Å². The van der Waals surface area contributed by atoms with Crippen LogP contribution < -0.4 is 9.47 Å². The normalized spacial score (nSPS) is 11.5. The molecule has 11 heteroatoms. The van der Waals surface area contributed by atoms with Gasteiger partial charge in [-0.3, -0.25) is 25.0 Å². The SMILES string of the molecule is COCC(OCC(=O)c1ccc(OCc2ccccc2)c([N+](=O)[O-])c1)c1ccc(OCc2ccccc2)c([N+](=O)[O-])c1. The molecule has 4 rings (SSSR count). The number of Topliss-reactive ketones (excluding diaryl/α,β-unsaturated/α-hetero) is 1. The number of rotatable bonds is 15. The molecule has 1 unspecified atom stereocenters. The summed E-state index contributed by atoms with van der Waals surface area (Å²) in [6, 6.07) is 26.7. The molecular formula is C31H28N2O9. The lowest BCUT2D eigenvalue weighted by atomic mass is 10.1. The van der Waals surface area contributed by atoms with Gasteiger partial charge < -0.3 is 18.9 Å². The van der Waals surface area contributed by atoms with Gasteiger partial charge in [0, 0.05) is 24.8 Å². The van der Waals surface area contributed by atoms with Gasteiger partial charge in [-0.05, 0) is 34.9 Å². The van der Waals surface area contributed by atoms with Crippen LogP contribution in [0.3, 0.4) is 0 Å². The molecule has 0 radical (unpaired) electrons. The van der Waals surface area contributed by atoms with Crippen LogP contribution in [-0.4, -0.2) is 36.0 Å². The zero-order chi connectivity index (χ0) is 29.9. The maximum absolute atomic E-state index is 12.9. The first-order valence-corrected chi connectivity index (χ1v) is 12.9. The monoisotopic (exact) mass is 572 g/mol. The summed E-state index contributed by atoms with van der Waals surface area (Å²) in [6.45, 7) is -0.175. The molecule has 42 heavy (non-hydrogen) atoms. The van der Waals surface area contributed by atoms with Gasteiger partial charge in [0.1, 0.15) is 25.9 Å². The third-order valence-corrected chi connectivity index (χ3v) is 6.24. The number of methoxy groups -OCH3 is 1. The number of hydrogen-bond donors (Lipinski definition) is 0. The van der Waals surface area contributed by atoms with E-state index in [0.717, 1.165) is 17.2 Å². The predicted octanol–water partition coefficient (Wildman–Crippen LogP) is 6.25. The van der Waals surface area contributed by atoms with Crippen LogP contribution in [0.2, 0.25) is 0 Å². The van der Waals surface area contributed by atoms with E-state index < -0.39 is 28.3 Å². The van der Waals surface area contributed by atoms with E-state index in [1.54, 1.807) is 6.07 Å². The highest BCUT2D eigenvalue weighted by Crippen LogP contribution is 2.33. The van der Waals surface area contributed by atoms with Gasteiger partial charge in [-0.1, -0.05) is 66.7 Å². The van der Waals surface area contributed by atoms with E-state index in [1.807, 2.05) is 60.7 Å². The first-order chi connectivity index (χ1) is 20.4. The van der Waals surface area contributed by atoms with E-state index in [-0.39, 0.29) is 48.3 Å². The summed E-state index contributed by atoms with van der Waals surface area (Å²) in [6.07, 6.45) is -0.829. The van der Waals surface area contributed by atoms with E-state index >= 15 is 0 Å². The molecule has 216 valence electrons. The highest BCUT2D eigenvalue weighted by molar-refractivity contribution is 5.98. The number of ether oxygens (including phenoxy) is 4. The average molecular weight is 573 g/mol. The van der Waals surface area contributed by atoms with Crippen molar-refractivity contribution in [3.63, 3.8) is 0 Å². The number of benzene rings is 4. The third-order valence-electron chi connectivity index (χ3n) is 6.24. The van der Waals surface area contributed by atoms with Gasteiger partial charge in [0.2, 0.25) is 0 Å². The molecule has 4 aromatic rings. The van der Waals surface area contributed by atoms with Gasteiger partial charge in [0.25, 0.3) is 0 Å². The second kappa shape index (κ2) is 14.5. The van der Waals surface area contributed by atoms with Gasteiger partial charge >= 0.3 is 11.4 Å². The number of nitro groups is 2. The van der Waals surface area contributed by atoms with Crippen LogP contribution in [0.1, 0.15) is 33.2 Å². The molecule has 4 aromatic carbocycles. The van der Waals surface area contributed by atoms with Gasteiger partial charge in [-0.15, -0.1) is 0 Å². The second-order valence-electron chi connectivity index (χ2n) is 9.15. The lowest BCUT2D eigenvalue weighted by Crippen LogP contribution is -2.17. The van der Waals surface area contributed by atoms with Crippen molar-refractivity contribution in [2.45, 2.75) is 19.3 Å². The van der Waals surface area contributed by atoms with Crippen LogP contribution in [0.5, 0.6) is 11.5 Å². The van der Waals surface area contributed by atoms with Crippen molar-refractivity contribution in [3.8, 4) is 11.5 Å². The Balaban J connectivity index is 1.45. The maximum atomic E-state index is 12.9. The van der Waals surface area contributed by atoms with Crippen molar-refractivity contribution in [1.82, 2.24) is 0 Å². The minimum Gasteiger partial charge on any atom is -0.482 e. The fraction of sp³-hybridized carbons (Fsp3) is 0.194. The summed E-state index contributed by atoms with van der Waals surface area (Å²) in [7, 11) is 1.43. The molecule has 0 saturated carbocycles. The zero-order valence-electron chi connectivity index (χ0n) is 22.7. The van der Waals surface area contributed by atoms with E-state index in [2.05, 4.69) is 0 Å². The first kappa shape index (κ1) is 29.8. The number of ketones is 1. The summed E-state index contributed by atoms with van der Waals surface area (Å²) < 4.78 is 22.3. The van der Waals surface area contributed by atoms with Gasteiger partial charge in [0.05, 0.1) is 16.5 Å². The predicted molar refractivity (Wildman–Crippen MR) is 153 cm³/mol. The van der Waals surface area contributed by atoms with E-state index in [0.29, 0.717) is 5.56 Å². The molecule has 0 spiro atoms. The lowest BCUT2D eigenvalue weighted by molar-refractivity contribution is -0.386. The number of nitro benzene ring substituents is 2. The Morgan fingerprint density at radius 1 is 0.738 bits per heavy atom. The van der Waals surface area contributed by atoms with Crippen LogP contribution in [0.4, 0.5) is 11.4 Å². The van der Waals surface area contributed by atoms with Crippen LogP contribution in [0.15, 0.2) is 97.1 Å². The molecule has 0 N–H and O–H groups in total. The Kier molecular flexibility index (Phi) is 10.3. The summed E-state index contributed by atoms with van der Waals surface area (Å²) in [5, 5.41) is 23.5. The minimum absolute atomic E-state index is 0.00106. The van der Waals surface area contributed by atoms with Crippen molar-refractivity contribution in [2.24, 2.45) is 0 Å². The number of carbonyl (C=O) groups excluding carboxylic acids is 1. The highest BCUT2D eigenvalue weighted by Gasteiger charge is 2.23. The molecule has 0 fully saturated rings. The van der Waals surface area contributed by atoms with Gasteiger partial charge in [0.15, 0.2) is 17.3 Å². The maximum Gasteiger partial charge on any atom is 0.311 e. The molecule has 0 bridgehead atoms. The molecule has 0 aromatic heterocycles. The van der Waals surface area contributed by atoms with Crippen LogP contribution in [0, 0.1) is 20.2 Å². The van der Waals surface area contributed by atoms with Crippen molar-refractivity contribution >= 4 is 17.2 Å². The molecule has 1 atom stereocenters. The molecule has 0 aliphatic rings. The molecule has 0 aliphatic carbocycles.